The van der Waals surface area contributed by atoms with E-state index < -0.39 is 13.4 Å². The van der Waals surface area contributed by atoms with Crippen molar-refractivity contribution in [3.63, 3.8) is 0 Å². The van der Waals surface area contributed by atoms with Crippen LogP contribution in [0.4, 0.5) is 8.78 Å². The molecule has 0 N–H and O–H groups in total. The summed E-state index contributed by atoms with van der Waals surface area (Å²) in [6, 6.07) is 21.0. The van der Waals surface area contributed by atoms with Crippen LogP contribution in [0.5, 0.6) is 11.5 Å². The van der Waals surface area contributed by atoms with Crippen molar-refractivity contribution >= 4 is 45.6 Å². The van der Waals surface area contributed by atoms with E-state index in [9.17, 15) is 13.3 Å². The Balaban J connectivity index is 1.97. The summed E-state index contributed by atoms with van der Waals surface area (Å²) >= 11 is 1.89. The highest BCUT2D eigenvalue weighted by Crippen LogP contribution is 2.49. The number of rotatable bonds is 3. The van der Waals surface area contributed by atoms with Crippen LogP contribution in [-0.2, 0) is 4.57 Å². The van der Waals surface area contributed by atoms with Crippen LogP contribution in [0.1, 0.15) is 0 Å². The summed E-state index contributed by atoms with van der Waals surface area (Å²) in [6.07, 6.45) is -3.72. The lowest BCUT2D eigenvalue weighted by Gasteiger charge is -2.21. The molecule has 7 heteroatoms. The lowest BCUT2D eigenvalue weighted by molar-refractivity contribution is -0.286. The zero-order chi connectivity index (χ0) is 18.4. The molecule has 1 heterocycles. The third kappa shape index (κ3) is 2.81. The molecule has 0 amide bonds. The maximum atomic E-state index is 14.3. The Kier molecular flexibility index (Phi) is 4.28. The average molecular weight is 484 g/mol. The number of fused-ring (bicyclic) bond motifs is 1. The Hall–Kier alpha value is -1.92. The third-order valence-corrected chi connectivity index (χ3v) is 8.67. The molecule has 4 rings (SSSR count). The molecule has 0 saturated heterocycles. The summed E-state index contributed by atoms with van der Waals surface area (Å²) in [7, 11) is -3.28. The van der Waals surface area contributed by atoms with Gasteiger partial charge >= 0.3 is 6.29 Å². The molecule has 3 aromatic carbocycles. The van der Waals surface area contributed by atoms with Crippen molar-refractivity contribution in [1.29, 1.82) is 0 Å². The summed E-state index contributed by atoms with van der Waals surface area (Å²) in [5.41, 5.74) is 0. The zero-order valence-corrected chi connectivity index (χ0v) is 16.3. The molecule has 0 atom stereocenters. The van der Waals surface area contributed by atoms with Crippen molar-refractivity contribution in [3.05, 3.63) is 76.4 Å². The van der Waals surface area contributed by atoms with Crippen LogP contribution in [0.3, 0.4) is 0 Å². The van der Waals surface area contributed by atoms with Gasteiger partial charge in [-0.15, -0.1) is 8.78 Å². The summed E-state index contributed by atoms with van der Waals surface area (Å²) < 4.78 is 50.8. The highest BCUT2D eigenvalue weighted by atomic mass is 127. The van der Waals surface area contributed by atoms with Gasteiger partial charge in [-0.05, 0) is 34.7 Å². The molecule has 1 aliphatic rings. The zero-order valence-electron chi connectivity index (χ0n) is 13.2. The summed E-state index contributed by atoms with van der Waals surface area (Å²) in [5, 5.41) is 1.68. The number of benzene rings is 3. The van der Waals surface area contributed by atoms with Gasteiger partial charge in [-0.3, -0.25) is 0 Å². The highest BCUT2D eigenvalue weighted by Gasteiger charge is 2.46. The molecule has 26 heavy (non-hydrogen) atoms. The number of alkyl halides is 2. The standard InChI is InChI=1S/C19H12F2IO3P/c20-19(21)24-15-11-12-16(17(22)18(15)25-19)26(23,13-7-3-1-4-8-13)14-9-5-2-6-10-14/h1-12H. The van der Waals surface area contributed by atoms with Gasteiger partial charge in [0.25, 0.3) is 0 Å². The van der Waals surface area contributed by atoms with Gasteiger partial charge in [0, 0.05) is 15.9 Å². The van der Waals surface area contributed by atoms with E-state index in [2.05, 4.69) is 9.47 Å². The van der Waals surface area contributed by atoms with Crippen LogP contribution < -0.4 is 25.4 Å². The molecule has 0 unspecified atom stereocenters. The Morgan fingerprint density at radius 3 is 1.88 bits per heavy atom. The first kappa shape index (κ1) is 17.5. The molecule has 0 saturated carbocycles. The Labute approximate surface area is 162 Å². The van der Waals surface area contributed by atoms with Gasteiger partial charge in [0.05, 0.1) is 3.57 Å². The molecule has 0 spiro atoms. The molecule has 3 aromatic rings. The molecular formula is C19H12F2IO3P. The lowest BCUT2D eigenvalue weighted by atomic mass is 10.3. The maximum absolute atomic E-state index is 14.3. The van der Waals surface area contributed by atoms with E-state index in [-0.39, 0.29) is 11.5 Å². The van der Waals surface area contributed by atoms with Crippen LogP contribution >= 0.6 is 29.7 Å². The molecule has 0 aromatic heterocycles. The van der Waals surface area contributed by atoms with Crippen molar-refractivity contribution in [3.8, 4) is 11.5 Å². The first-order valence-corrected chi connectivity index (χ1v) is 10.5. The Bertz CT molecular complexity index is 967. The quantitative estimate of drug-likeness (QED) is 0.412. The molecule has 0 aliphatic carbocycles. The first-order valence-electron chi connectivity index (χ1n) is 7.72. The summed E-state index contributed by atoms with van der Waals surface area (Å²) in [5.74, 6) is -0.143. The van der Waals surface area contributed by atoms with Gasteiger partial charge in [0.2, 0.25) is 0 Å². The minimum Gasteiger partial charge on any atom is -0.395 e. The van der Waals surface area contributed by atoms with Crippen molar-refractivity contribution in [1.82, 2.24) is 0 Å². The van der Waals surface area contributed by atoms with E-state index in [1.165, 1.54) is 6.07 Å². The molecule has 1 aliphatic heterocycles. The second kappa shape index (κ2) is 6.35. The number of halogens is 3. The minimum atomic E-state index is -3.72. The van der Waals surface area contributed by atoms with Crippen LogP contribution in [0.25, 0.3) is 0 Å². The number of hydrogen-bond acceptors (Lipinski definition) is 3. The average Bonchev–Trinajstić information content (AvgIpc) is 2.98. The first-order chi connectivity index (χ1) is 12.4. The molecule has 132 valence electrons. The Morgan fingerprint density at radius 2 is 1.35 bits per heavy atom. The van der Waals surface area contributed by atoms with Crippen LogP contribution in [0, 0.1) is 3.57 Å². The topological polar surface area (TPSA) is 35.5 Å². The second-order valence-electron chi connectivity index (χ2n) is 5.67. The van der Waals surface area contributed by atoms with Gasteiger partial charge in [-0.2, -0.15) is 0 Å². The fourth-order valence-corrected chi connectivity index (χ4v) is 7.19. The van der Waals surface area contributed by atoms with E-state index in [1.807, 2.05) is 34.7 Å². The smallest absolute Gasteiger partial charge is 0.395 e. The molecule has 3 nitrogen and oxygen atoms in total. The van der Waals surface area contributed by atoms with Gasteiger partial charge in [-0.1, -0.05) is 60.7 Å². The van der Waals surface area contributed by atoms with Gasteiger partial charge in [0.15, 0.2) is 18.6 Å². The van der Waals surface area contributed by atoms with Crippen LogP contribution in [0.15, 0.2) is 72.8 Å². The van der Waals surface area contributed by atoms with Crippen molar-refractivity contribution in [2.75, 3.05) is 0 Å². The van der Waals surface area contributed by atoms with E-state index in [1.54, 1.807) is 54.6 Å². The number of ether oxygens (including phenoxy) is 2. The lowest BCUT2D eigenvalue weighted by Crippen LogP contribution is -2.27. The summed E-state index contributed by atoms with van der Waals surface area (Å²) in [6.45, 7) is 0. The van der Waals surface area contributed by atoms with Gasteiger partial charge in [-0.25, -0.2) is 0 Å². The van der Waals surface area contributed by atoms with Gasteiger partial charge in [0.1, 0.15) is 0 Å². The monoisotopic (exact) mass is 484 g/mol. The normalized spacial score (nSPS) is 15.0. The van der Waals surface area contributed by atoms with Gasteiger partial charge < -0.3 is 14.0 Å². The SMILES string of the molecule is O=P(c1ccccc1)(c1ccccc1)c1ccc2c(c1I)OC(F)(F)O2. The second-order valence-corrected chi connectivity index (χ2v) is 9.49. The predicted octanol–water partition coefficient (Wildman–Crippen LogP) is 4.25. The molecular weight excluding hydrogens is 472 g/mol. The molecule has 0 radical (unpaired) electrons. The van der Waals surface area contributed by atoms with Crippen molar-refractivity contribution in [2.24, 2.45) is 0 Å². The fourth-order valence-electron chi connectivity index (χ4n) is 2.92. The maximum Gasteiger partial charge on any atom is 0.586 e. The van der Waals surface area contributed by atoms with Crippen LogP contribution in [0.2, 0.25) is 0 Å². The minimum absolute atomic E-state index is 0.0594. The van der Waals surface area contributed by atoms with E-state index in [0.29, 0.717) is 19.5 Å². The Morgan fingerprint density at radius 1 is 0.808 bits per heavy atom. The van der Waals surface area contributed by atoms with E-state index >= 15 is 0 Å². The van der Waals surface area contributed by atoms with Crippen molar-refractivity contribution in [2.45, 2.75) is 6.29 Å². The molecule has 0 fully saturated rings. The molecule has 0 bridgehead atoms. The van der Waals surface area contributed by atoms with Crippen LogP contribution in [-0.4, -0.2) is 6.29 Å². The predicted molar refractivity (Wildman–Crippen MR) is 105 cm³/mol. The highest BCUT2D eigenvalue weighted by molar-refractivity contribution is 14.1. The third-order valence-electron chi connectivity index (χ3n) is 4.07. The van der Waals surface area contributed by atoms with Crippen molar-refractivity contribution < 1.29 is 22.8 Å². The largest absolute Gasteiger partial charge is 0.586 e. The summed E-state index contributed by atoms with van der Waals surface area (Å²) in [4.78, 5) is 0. The number of hydrogen-bond donors (Lipinski definition) is 0. The van der Waals surface area contributed by atoms with E-state index in [4.69, 9.17) is 0 Å². The fraction of sp³-hybridized carbons (Fsp3) is 0.0526. The van der Waals surface area contributed by atoms with E-state index in [0.717, 1.165) is 0 Å².